The lowest BCUT2D eigenvalue weighted by atomic mass is 9.95. The summed E-state index contributed by atoms with van der Waals surface area (Å²) < 4.78 is 10.5. The standard InChI is InChI=1S/C16H21NO4/c1-3-17(10-15(18)20-4-2)16(19)13-9-12-7-5-6-8-14(12)21-11-13/h5-8,13H,3-4,9-11H2,1-2H3. The van der Waals surface area contributed by atoms with Crippen LogP contribution in [0.2, 0.25) is 0 Å². The molecule has 1 amide bonds. The SMILES string of the molecule is CCOC(=O)CN(CC)C(=O)C1COc2ccccc2C1. The van der Waals surface area contributed by atoms with Gasteiger partial charge in [0, 0.05) is 6.54 Å². The number of para-hydroxylation sites is 1. The molecule has 0 spiro atoms. The van der Waals surface area contributed by atoms with Crippen molar-refractivity contribution in [3.8, 4) is 5.75 Å². The molecule has 114 valence electrons. The number of fused-ring (bicyclic) bond motifs is 1. The molecule has 1 aromatic rings. The Labute approximate surface area is 124 Å². The molecule has 1 unspecified atom stereocenters. The molecule has 0 aliphatic carbocycles. The highest BCUT2D eigenvalue weighted by molar-refractivity contribution is 5.84. The average molecular weight is 291 g/mol. The van der Waals surface area contributed by atoms with E-state index in [-0.39, 0.29) is 24.3 Å². The van der Waals surface area contributed by atoms with E-state index < -0.39 is 0 Å². The van der Waals surface area contributed by atoms with Gasteiger partial charge >= 0.3 is 5.97 Å². The number of ether oxygens (including phenoxy) is 2. The highest BCUT2D eigenvalue weighted by atomic mass is 16.5. The average Bonchev–Trinajstić information content (AvgIpc) is 2.51. The van der Waals surface area contributed by atoms with Gasteiger partial charge in [0.15, 0.2) is 0 Å². The molecule has 0 saturated carbocycles. The molecule has 1 aliphatic rings. The fourth-order valence-electron chi connectivity index (χ4n) is 2.45. The minimum absolute atomic E-state index is 0.00131. The zero-order valence-corrected chi connectivity index (χ0v) is 12.5. The first kappa shape index (κ1) is 15.4. The van der Waals surface area contributed by atoms with Crippen LogP contribution < -0.4 is 4.74 Å². The van der Waals surface area contributed by atoms with Gasteiger partial charge in [-0.15, -0.1) is 0 Å². The molecule has 5 heteroatoms. The van der Waals surface area contributed by atoms with Crippen molar-refractivity contribution < 1.29 is 19.1 Å². The Kier molecular flexibility index (Phi) is 5.20. The number of benzene rings is 1. The second-order valence-electron chi connectivity index (χ2n) is 4.98. The summed E-state index contributed by atoms with van der Waals surface area (Å²) in [6, 6.07) is 7.73. The Morgan fingerprint density at radius 3 is 2.81 bits per heavy atom. The summed E-state index contributed by atoms with van der Waals surface area (Å²) in [5, 5.41) is 0. The molecule has 0 saturated heterocycles. The van der Waals surface area contributed by atoms with E-state index in [0.717, 1.165) is 11.3 Å². The number of esters is 1. The van der Waals surface area contributed by atoms with Gasteiger partial charge in [0.2, 0.25) is 5.91 Å². The lowest BCUT2D eigenvalue weighted by molar-refractivity contribution is -0.150. The van der Waals surface area contributed by atoms with Crippen molar-refractivity contribution >= 4 is 11.9 Å². The van der Waals surface area contributed by atoms with Gasteiger partial charge in [-0.1, -0.05) is 18.2 Å². The number of hydrogen-bond donors (Lipinski definition) is 0. The Hall–Kier alpha value is -2.04. The van der Waals surface area contributed by atoms with Gasteiger partial charge in [-0.3, -0.25) is 9.59 Å². The van der Waals surface area contributed by atoms with E-state index in [1.807, 2.05) is 31.2 Å². The lowest BCUT2D eigenvalue weighted by Gasteiger charge is -2.29. The molecule has 1 atom stereocenters. The minimum Gasteiger partial charge on any atom is -0.492 e. The Morgan fingerprint density at radius 1 is 1.33 bits per heavy atom. The maximum atomic E-state index is 12.5. The molecular weight excluding hydrogens is 270 g/mol. The third-order valence-corrected chi connectivity index (χ3v) is 3.55. The number of rotatable bonds is 5. The molecule has 0 aromatic heterocycles. The molecule has 0 N–H and O–H groups in total. The summed E-state index contributed by atoms with van der Waals surface area (Å²) in [5.41, 5.74) is 1.04. The van der Waals surface area contributed by atoms with Crippen molar-refractivity contribution in [2.45, 2.75) is 20.3 Å². The fraction of sp³-hybridized carbons (Fsp3) is 0.500. The summed E-state index contributed by atoms with van der Waals surface area (Å²) >= 11 is 0. The van der Waals surface area contributed by atoms with E-state index in [2.05, 4.69) is 0 Å². The van der Waals surface area contributed by atoms with Crippen molar-refractivity contribution in [1.82, 2.24) is 4.90 Å². The molecule has 0 bridgehead atoms. The Balaban J connectivity index is 2.01. The number of likely N-dealkylation sites (N-methyl/N-ethyl adjacent to an activating group) is 1. The number of hydrogen-bond acceptors (Lipinski definition) is 4. The molecule has 2 rings (SSSR count). The predicted octanol–water partition coefficient (Wildman–Crippen LogP) is 1.65. The molecular formula is C16H21NO4. The number of carbonyl (C=O) groups is 2. The van der Waals surface area contributed by atoms with Crippen LogP contribution in [0, 0.1) is 5.92 Å². The first-order valence-electron chi connectivity index (χ1n) is 7.30. The normalized spacial score (nSPS) is 16.6. The topological polar surface area (TPSA) is 55.8 Å². The largest absolute Gasteiger partial charge is 0.492 e. The second-order valence-corrected chi connectivity index (χ2v) is 4.98. The van der Waals surface area contributed by atoms with E-state index >= 15 is 0 Å². The zero-order chi connectivity index (χ0) is 15.2. The summed E-state index contributed by atoms with van der Waals surface area (Å²) in [4.78, 5) is 25.6. The highest BCUT2D eigenvalue weighted by Crippen LogP contribution is 2.27. The summed E-state index contributed by atoms with van der Waals surface area (Å²) in [6.07, 6.45) is 0.647. The number of carbonyl (C=O) groups excluding carboxylic acids is 2. The Morgan fingerprint density at radius 2 is 2.10 bits per heavy atom. The quantitative estimate of drug-likeness (QED) is 0.774. The molecule has 5 nitrogen and oxygen atoms in total. The summed E-state index contributed by atoms with van der Waals surface area (Å²) in [7, 11) is 0. The van der Waals surface area contributed by atoms with E-state index in [0.29, 0.717) is 26.2 Å². The van der Waals surface area contributed by atoms with Crippen LogP contribution in [-0.4, -0.2) is 43.1 Å². The van der Waals surface area contributed by atoms with E-state index in [1.165, 1.54) is 4.90 Å². The third kappa shape index (κ3) is 3.74. The van der Waals surface area contributed by atoms with Crippen LogP contribution >= 0.6 is 0 Å². The van der Waals surface area contributed by atoms with Crippen LogP contribution in [0.15, 0.2) is 24.3 Å². The van der Waals surface area contributed by atoms with Crippen molar-refractivity contribution in [3.05, 3.63) is 29.8 Å². The molecule has 0 fully saturated rings. The number of amides is 1. The van der Waals surface area contributed by atoms with E-state index in [1.54, 1.807) is 6.92 Å². The third-order valence-electron chi connectivity index (χ3n) is 3.55. The van der Waals surface area contributed by atoms with E-state index in [9.17, 15) is 9.59 Å². The van der Waals surface area contributed by atoms with Crippen LogP contribution in [0.4, 0.5) is 0 Å². The number of nitrogens with zero attached hydrogens (tertiary/aromatic N) is 1. The molecule has 1 aromatic carbocycles. The fourth-order valence-corrected chi connectivity index (χ4v) is 2.45. The maximum absolute atomic E-state index is 12.5. The summed E-state index contributed by atoms with van der Waals surface area (Å²) in [5.74, 6) is 0.175. The van der Waals surface area contributed by atoms with Gasteiger partial charge in [-0.05, 0) is 31.9 Å². The maximum Gasteiger partial charge on any atom is 0.325 e. The summed E-state index contributed by atoms with van der Waals surface area (Å²) in [6.45, 7) is 4.77. The first-order valence-corrected chi connectivity index (χ1v) is 7.30. The first-order chi connectivity index (χ1) is 10.2. The van der Waals surface area contributed by atoms with Crippen LogP contribution in [0.3, 0.4) is 0 Å². The van der Waals surface area contributed by atoms with Gasteiger partial charge < -0.3 is 14.4 Å². The van der Waals surface area contributed by atoms with Crippen molar-refractivity contribution in [3.63, 3.8) is 0 Å². The molecule has 1 aliphatic heterocycles. The van der Waals surface area contributed by atoms with Crippen LogP contribution in [-0.2, 0) is 20.7 Å². The van der Waals surface area contributed by atoms with Gasteiger partial charge in [0.25, 0.3) is 0 Å². The minimum atomic E-state index is -0.371. The van der Waals surface area contributed by atoms with Crippen LogP contribution in [0.25, 0.3) is 0 Å². The zero-order valence-electron chi connectivity index (χ0n) is 12.5. The van der Waals surface area contributed by atoms with Crippen molar-refractivity contribution in [2.24, 2.45) is 5.92 Å². The van der Waals surface area contributed by atoms with Gasteiger partial charge in [-0.2, -0.15) is 0 Å². The van der Waals surface area contributed by atoms with Crippen LogP contribution in [0.5, 0.6) is 5.75 Å². The van der Waals surface area contributed by atoms with E-state index in [4.69, 9.17) is 9.47 Å². The predicted molar refractivity (Wildman–Crippen MR) is 78.0 cm³/mol. The Bertz CT molecular complexity index is 515. The van der Waals surface area contributed by atoms with Crippen LogP contribution in [0.1, 0.15) is 19.4 Å². The van der Waals surface area contributed by atoms with Gasteiger partial charge in [0.05, 0.1) is 12.5 Å². The molecule has 1 heterocycles. The van der Waals surface area contributed by atoms with Crippen molar-refractivity contribution in [2.75, 3.05) is 26.3 Å². The second kappa shape index (κ2) is 7.11. The monoisotopic (exact) mass is 291 g/mol. The lowest BCUT2D eigenvalue weighted by Crippen LogP contribution is -2.43. The molecule has 21 heavy (non-hydrogen) atoms. The highest BCUT2D eigenvalue weighted by Gasteiger charge is 2.29. The van der Waals surface area contributed by atoms with Crippen molar-refractivity contribution in [1.29, 1.82) is 0 Å². The smallest absolute Gasteiger partial charge is 0.325 e. The van der Waals surface area contributed by atoms with Gasteiger partial charge in [-0.25, -0.2) is 0 Å². The molecule has 0 radical (unpaired) electrons. The van der Waals surface area contributed by atoms with Gasteiger partial charge in [0.1, 0.15) is 18.9 Å².